The molecule has 0 radical (unpaired) electrons. The van der Waals surface area contributed by atoms with E-state index in [1.807, 2.05) is 0 Å². The van der Waals surface area contributed by atoms with Gasteiger partial charge in [-0.2, -0.15) is 0 Å². The number of carbonyl (C=O) groups is 1. The van der Waals surface area contributed by atoms with Crippen molar-refractivity contribution in [2.75, 3.05) is 6.54 Å². The Balaban J connectivity index is 2.12. The zero-order valence-electron chi connectivity index (χ0n) is 10.3. The Kier molecular flexibility index (Phi) is 5.53. The lowest BCUT2D eigenvalue weighted by molar-refractivity contribution is -0.122. The summed E-state index contributed by atoms with van der Waals surface area (Å²) in [6.07, 6.45) is 7.31. The number of aliphatic hydroxyl groups is 1. The average molecular weight is 225 g/mol. The summed E-state index contributed by atoms with van der Waals surface area (Å²) in [5.41, 5.74) is 0. The first-order valence-electron chi connectivity index (χ1n) is 6.19. The van der Waals surface area contributed by atoms with Gasteiger partial charge < -0.3 is 10.4 Å². The van der Waals surface area contributed by atoms with E-state index in [1.165, 1.54) is 0 Å². The van der Waals surface area contributed by atoms with Crippen LogP contribution in [0.5, 0.6) is 0 Å². The molecule has 0 aromatic carbocycles. The van der Waals surface area contributed by atoms with Gasteiger partial charge in [-0.25, -0.2) is 0 Å². The minimum atomic E-state index is -0.414. The lowest BCUT2D eigenvalue weighted by atomic mass is 10.0. The Morgan fingerprint density at radius 1 is 1.56 bits per heavy atom. The van der Waals surface area contributed by atoms with Crippen LogP contribution in [0.4, 0.5) is 0 Å². The van der Waals surface area contributed by atoms with Gasteiger partial charge in [-0.15, -0.1) is 0 Å². The summed E-state index contributed by atoms with van der Waals surface area (Å²) in [6, 6.07) is 0. The van der Waals surface area contributed by atoms with Crippen LogP contribution in [0.25, 0.3) is 0 Å². The molecule has 1 rings (SSSR count). The topological polar surface area (TPSA) is 49.3 Å². The number of allylic oxidation sites excluding steroid dienone is 2. The summed E-state index contributed by atoms with van der Waals surface area (Å²) in [4.78, 5) is 11.5. The molecule has 0 saturated carbocycles. The number of hydrogen-bond acceptors (Lipinski definition) is 2. The molecular weight excluding hydrogens is 202 g/mol. The van der Waals surface area contributed by atoms with Crippen molar-refractivity contribution in [1.82, 2.24) is 5.32 Å². The van der Waals surface area contributed by atoms with E-state index >= 15 is 0 Å². The normalized spacial score (nSPS) is 21.4. The van der Waals surface area contributed by atoms with Crippen LogP contribution in [0, 0.1) is 11.8 Å². The minimum absolute atomic E-state index is 0.0550. The standard InChI is InChI=1S/C13H23NO2/c1-10(2)7-12(15)9-14-13(16)8-11-5-3-4-6-11/h3,5,10-12,15H,4,6-9H2,1-2H3,(H,14,16)/t11-,12-/m1/s1. The summed E-state index contributed by atoms with van der Waals surface area (Å²) < 4.78 is 0. The Morgan fingerprint density at radius 3 is 2.88 bits per heavy atom. The van der Waals surface area contributed by atoms with Crippen molar-refractivity contribution in [3.05, 3.63) is 12.2 Å². The maximum atomic E-state index is 11.5. The van der Waals surface area contributed by atoms with E-state index in [0.29, 0.717) is 24.8 Å². The monoisotopic (exact) mass is 225 g/mol. The molecule has 2 N–H and O–H groups in total. The third kappa shape index (κ3) is 5.31. The summed E-state index contributed by atoms with van der Waals surface area (Å²) in [5, 5.41) is 12.4. The highest BCUT2D eigenvalue weighted by atomic mass is 16.3. The average Bonchev–Trinajstić information content (AvgIpc) is 2.66. The number of hydrogen-bond donors (Lipinski definition) is 2. The molecule has 1 amide bonds. The largest absolute Gasteiger partial charge is 0.391 e. The van der Waals surface area contributed by atoms with Crippen LogP contribution in [0.3, 0.4) is 0 Å². The highest BCUT2D eigenvalue weighted by Crippen LogP contribution is 2.19. The van der Waals surface area contributed by atoms with Crippen molar-refractivity contribution >= 4 is 5.91 Å². The molecule has 3 nitrogen and oxygen atoms in total. The minimum Gasteiger partial charge on any atom is -0.391 e. The Labute approximate surface area is 97.9 Å². The predicted octanol–water partition coefficient (Wildman–Crippen LogP) is 1.87. The lowest BCUT2D eigenvalue weighted by Gasteiger charge is -2.14. The van der Waals surface area contributed by atoms with Crippen molar-refractivity contribution in [2.45, 2.75) is 45.6 Å². The van der Waals surface area contributed by atoms with E-state index in [1.54, 1.807) is 0 Å². The highest BCUT2D eigenvalue weighted by molar-refractivity contribution is 5.76. The van der Waals surface area contributed by atoms with Gasteiger partial charge in [0.2, 0.25) is 5.91 Å². The maximum Gasteiger partial charge on any atom is 0.220 e. The van der Waals surface area contributed by atoms with Crippen LogP contribution in [0.15, 0.2) is 12.2 Å². The van der Waals surface area contributed by atoms with E-state index in [4.69, 9.17) is 0 Å². The third-order valence-corrected chi connectivity index (χ3v) is 2.84. The second-order valence-corrected chi connectivity index (χ2v) is 5.06. The SMILES string of the molecule is CC(C)C[C@@H](O)CNC(=O)C[C@@H]1C=CCC1. The van der Waals surface area contributed by atoms with E-state index in [9.17, 15) is 9.90 Å². The van der Waals surface area contributed by atoms with Gasteiger partial charge in [0.1, 0.15) is 0 Å². The molecule has 1 aliphatic carbocycles. The Hall–Kier alpha value is -0.830. The van der Waals surface area contributed by atoms with Crippen LogP contribution in [-0.4, -0.2) is 23.7 Å². The molecule has 0 bridgehead atoms. The highest BCUT2D eigenvalue weighted by Gasteiger charge is 2.14. The van der Waals surface area contributed by atoms with Gasteiger partial charge in [-0.1, -0.05) is 26.0 Å². The Bertz CT molecular complexity index is 248. The van der Waals surface area contributed by atoms with Gasteiger partial charge in [-0.05, 0) is 31.1 Å². The summed E-state index contributed by atoms with van der Waals surface area (Å²) >= 11 is 0. The molecule has 0 aliphatic heterocycles. The molecule has 16 heavy (non-hydrogen) atoms. The number of amides is 1. The van der Waals surface area contributed by atoms with E-state index in [2.05, 4.69) is 31.3 Å². The molecule has 0 aromatic heterocycles. The first-order valence-corrected chi connectivity index (χ1v) is 6.19. The zero-order chi connectivity index (χ0) is 12.0. The Morgan fingerprint density at radius 2 is 2.31 bits per heavy atom. The maximum absolute atomic E-state index is 11.5. The van der Waals surface area contributed by atoms with Crippen LogP contribution >= 0.6 is 0 Å². The summed E-state index contributed by atoms with van der Waals surface area (Å²) in [7, 11) is 0. The van der Waals surface area contributed by atoms with Gasteiger partial charge in [-0.3, -0.25) is 4.79 Å². The number of carbonyl (C=O) groups excluding carboxylic acids is 1. The van der Waals surface area contributed by atoms with Crippen molar-refractivity contribution in [1.29, 1.82) is 0 Å². The zero-order valence-corrected chi connectivity index (χ0v) is 10.3. The molecule has 0 unspecified atom stereocenters. The number of rotatable bonds is 6. The fraction of sp³-hybridized carbons (Fsp3) is 0.769. The van der Waals surface area contributed by atoms with Crippen LogP contribution in [-0.2, 0) is 4.79 Å². The van der Waals surface area contributed by atoms with Crippen LogP contribution in [0.2, 0.25) is 0 Å². The van der Waals surface area contributed by atoms with E-state index < -0.39 is 6.10 Å². The summed E-state index contributed by atoms with van der Waals surface area (Å²) in [6.45, 7) is 4.51. The van der Waals surface area contributed by atoms with Gasteiger partial charge >= 0.3 is 0 Å². The van der Waals surface area contributed by atoms with Gasteiger partial charge in [0.05, 0.1) is 6.10 Å². The smallest absolute Gasteiger partial charge is 0.220 e. The molecule has 0 fully saturated rings. The molecule has 0 heterocycles. The quantitative estimate of drug-likeness (QED) is 0.678. The second-order valence-electron chi connectivity index (χ2n) is 5.06. The van der Waals surface area contributed by atoms with Crippen LogP contribution < -0.4 is 5.32 Å². The molecule has 3 heteroatoms. The van der Waals surface area contributed by atoms with Gasteiger partial charge in [0, 0.05) is 13.0 Å². The molecule has 0 saturated heterocycles. The third-order valence-electron chi connectivity index (χ3n) is 2.84. The second kappa shape index (κ2) is 6.69. The lowest BCUT2D eigenvalue weighted by Crippen LogP contribution is -2.33. The van der Waals surface area contributed by atoms with Gasteiger partial charge in [0.15, 0.2) is 0 Å². The molecule has 0 spiro atoms. The number of nitrogens with one attached hydrogen (secondary N) is 1. The first-order chi connectivity index (χ1) is 7.58. The fourth-order valence-corrected chi connectivity index (χ4v) is 2.03. The molecule has 92 valence electrons. The van der Waals surface area contributed by atoms with Crippen molar-refractivity contribution in [3.63, 3.8) is 0 Å². The molecule has 1 aliphatic rings. The van der Waals surface area contributed by atoms with Gasteiger partial charge in [0.25, 0.3) is 0 Å². The van der Waals surface area contributed by atoms with Crippen molar-refractivity contribution in [2.24, 2.45) is 11.8 Å². The molecule has 0 aromatic rings. The van der Waals surface area contributed by atoms with E-state index in [-0.39, 0.29) is 5.91 Å². The first kappa shape index (κ1) is 13.2. The molecule has 2 atom stereocenters. The molecular formula is C13H23NO2. The number of aliphatic hydroxyl groups excluding tert-OH is 1. The van der Waals surface area contributed by atoms with E-state index in [0.717, 1.165) is 19.3 Å². The van der Waals surface area contributed by atoms with Crippen molar-refractivity contribution < 1.29 is 9.90 Å². The predicted molar refractivity (Wildman–Crippen MR) is 65.0 cm³/mol. The van der Waals surface area contributed by atoms with Crippen LogP contribution in [0.1, 0.15) is 39.5 Å². The fourth-order valence-electron chi connectivity index (χ4n) is 2.03. The van der Waals surface area contributed by atoms with Crippen molar-refractivity contribution in [3.8, 4) is 0 Å². The summed E-state index contributed by atoms with van der Waals surface area (Å²) in [5.74, 6) is 0.922.